The summed E-state index contributed by atoms with van der Waals surface area (Å²) >= 11 is 7.70. The maximum absolute atomic E-state index is 12.9. The number of carbonyl (C=O) groups excluding carboxylic acids is 2. The Kier molecular flexibility index (Phi) is 8.87. The van der Waals surface area contributed by atoms with E-state index in [1.165, 1.54) is 11.8 Å². The summed E-state index contributed by atoms with van der Waals surface area (Å²) in [5.74, 6) is 0.747. The van der Waals surface area contributed by atoms with Crippen molar-refractivity contribution in [3.8, 4) is 0 Å². The summed E-state index contributed by atoms with van der Waals surface area (Å²) in [4.78, 5) is 27.0. The first-order valence-corrected chi connectivity index (χ1v) is 10.9. The van der Waals surface area contributed by atoms with Gasteiger partial charge in [0.2, 0.25) is 11.8 Å². The lowest BCUT2D eigenvalue weighted by Gasteiger charge is -2.28. The number of aryl methyl sites for hydroxylation is 1. The summed E-state index contributed by atoms with van der Waals surface area (Å²) in [5, 5.41) is 3.51. The number of nitrogens with one attached hydrogen (secondary N) is 1. The molecule has 0 unspecified atom stereocenters. The Bertz CT molecular complexity index is 813. The number of amides is 2. The smallest absolute Gasteiger partial charge is 0.242 e. The van der Waals surface area contributed by atoms with Crippen molar-refractivity contribution < 1.29 is 9.59 Å². The van der Waals surface area contributed by atoms with E-state index in [-0.39, 0.29) is 11.8 Å². The third kappa shape index (κ3) is 6.57. The van der Waals surface area contributed by atoms with Gasteiger partial charge in [-0.3, -0.25) is 9.59 Å². The normalized spacial score (nSPS) is 11.7. The number of hydrogen-bond donors (Lipinski definition) is 1. The van der Waals surface area contributed by atoms with Crippen LogP contribution in [0, 0.1) is 6.92 Å². The molecule has 0 heterocycles. The number of hydrogen-bond acceptors (Lipinski definition) is 3. The van der Waals surface area contributed by atoms with Crippen LogP contribution < -0.4 is 5.32 Å². The molecule has 2 aromatic rings. The zero-order chi connectivity index (χ0) is 20.5. The van der Waals surface area contributed by atoms with Crippen LogP contribution >= 0.6 is 23.4 Å². The van der Waals surface area contributed by atoms with Gasteiger partial charge in [-0.05, 0) is 38.0 Å². The van der Waals surface area contributed by atoms with Crippen molar-refractivity contribution in [2.45, 2.75) is 39.1 Å². The first-order chi connectivity index (χ1) is 13.4. The van der Waals surface area contributed by atoms with Crippen LogP contribution in [-0.4, -0.2) is 35.1 Å². The molecule has 0 spiro atoms. The number of rotatable bonds is 9. The lowest BCUT2D eigenvalue weighted by atomic mass is 10.1. The topological polar surface area (TPSA) is 49.4 Å². The van der Waals surface area contributed by atoms with Crippen molar-refractivity contribution in [3.05, 3.63) is 70.2 Å². The summed E-state index contributed by atoms with van der Waals surface area (Å²) in [6.45, 7) is 6.61. The van der Waals surface area contributed by atoms with E-state index in [4.69, 9.17) is 11.6 Å². The molecule has 0 fully saturated rings. The summed E-state index contributed by atoms with van der Waals surface area (Å²) in [6, 6.07) is 15.1. The van der Waals surface area contributed by atoms with Crippen LogP contribution in [0.4, 0.5) is 0 Å². The largest absolute Gasteiger partial charge is 0.355 e. The highest BCUT2D eigenvalue weighted by Crippen LogP contribution is 2.21. The van der Waals surface area contributed by atoms with Crippen molar-refractivity contribution in [2.24, 2.45) is 0 Å². The predicted octanol–water partition coefficient (Wildman–Crippen LogP) is 4.44. The van der Waals surface area contributed by atoms with Crippen LogP contribution in [-0.2, 0) is 21.9 Å². The van der Waals surface area contributed by atoms with Crippen molar-refractivity contribution >= 4 is 35.2 Å². The highest BCUT2D eigenvalue weighted by Gasteiger charge is 2.25. The molecular formula is C22H27ClN2O2S. The van der Waals surface area contributed by atoms with E-state index in [2.05, 4.69) is 5.32 Å². The Balaban J connectivity index is 2.07. The second-order valence-corrected chi connectivity index (χ2v) is 8.06. The van der Waals surface area contributed by atoms with E-state index in [1.54, 1.807) is 11.8 Å². The molecule has 4 nitrogen and oxygen atoms in total. The van der Waals surface area contributed by atoms with E-state index in [1.807, 2.05) is 62.4 Å². The summed E-state index contributed by atoms with van der Waals surface area (Å²) < 4.78 is 0. The van der Waals surface area contributed by atoms with Crippen LogP contribution in [0.25, 0.3) is 0 Å². The minimum atomic E-state index is -0.533. The van der Waals surface area contributed by atoms with Crippen LogP contribution in [0.15, 0.2) is 48.5 Å². The van der Waals surface area contributed by atoms with Gasteiger partial charge in [-0.25, -0.2) is 0 Å². The van der Waals surface area contributed by atoms with Gasteiger partial charge < -0.3 is 10.2 Å². The average Bonchev–Trinajstić information content (AvgIpc) is 2.67. The van der Waals surface area contributed by atoms with Crippen LogP contribution in [0.2, 0.25) is 5.02 Å². The first-order valence-electron chi connectivity index (χ1n) is 9.36. The Morgan fingerprint density at radius 2 is 1.93 bits per heavy atom. The Labute approximate surface area is 176 Å². The molecule has 0 radical (unpaired) electrons. The monoisotopic (exact) mass is 418 g/mol. The van der Waals surface area contributed by atoms with Crippen LogP contribution in [0.3, 0.4) is 0 Å². The van der Waals surface area contributed by atoms with Gasteiger partial charge in [-0.1, -0.05) is 59.6 Å². The fraction of sp³-hybridized carbons (Fsp3) is 0.364. The van der Waals surface area contributed by atoms with Crippen LogP contribution in [0.5, 0.6) is 0 Å². The number of nitrogens with zero attached hydrogens (tertiary/aromatic N) is 1. The van der Waals surface area contributed by atoms with Gasteiger partial charge in [0.1, 0.15) is 6.04 Å². The van der Waals surface area contributed by atoms with E-state index in [9.17, 15) is 9.59 Å². The second kappa shape index (κ2) is 11.1. The molecular weight excluding hydrogens is 392 g/mol. The van der Waals surface area contributed by atoms with Gasteiger partial charge in [-0.15, -0.1) is 11.8 Å². The Morgan fingerprint density at radius 1 is 1.18 bits per heavy atom. The van der Waals surface area contributed by atoms with Gasteiger partial charge in [-0.2, -0.15) is 0 Å². The molecule has 1 atom stereocenters. The molecule has 150 valence electrons. The average molecular weight is 419 g/mol. The van der Waals surface area contributed by atoms with Crippen molar-refractivity contribution in [3.63, 3.8) is 0 Å². The summed E-state index contributed by atoms with van der Waals surface area (Å²) in [7, 11) is 0. The molecule has 0 aliphatic heterocycles. The Morgan fingerprint density at radius 3 is 2.61 bits per heavy atom. The number of halogens is 1. The molecule has 0 bridgehead atoms. The second-order valence-electron chi connectivity index (χ2n) is 6.67. The fourth-order valence-corrected chi connectivity index (χ4v) is 4.05. The van der Waals surface area contributed by atoms with E-state index in [0.717, 1.165) is 16.7 Å². The lowest BCUT2D eigenvalue weighted by molar-refractivity contribution is -0.138. The fourth-order valence-electron chi connectivity index (χ4n) is 2.86. The molecule has 0 saturated carbocycles. The summed E-state index contributed by atoms with van der Waals surface area (Å²) in [5.41, 5.74) is 3.15. The van der Waals surface area contributed by atoms with Crippen molar-refractivity contribution in [2.75, 3.05) is 12.3 Å². The molecule has 0 aliphatic carbocycles. The number of likely N-dealkylation sites (N-methyl/N-ethyl adjacent to an activating group) is 1. The molecule has 0 aromatic heterocycles. The van der Waals surface area contributed by atoms with Gasteiger partial charge in [0.25, 0.3) is 0 Å². The first kappa shape index (κ1) is 22.3. The third-order valence-corrected chi connectivity index (χ3v) is 5.73. The van der Waals surface area contributed by atoms with Crippen molar-refractivity contribution in [1.82, 2.24) is 10.2 Å². The molecule has 2 amide bonds. The third-order valence-electron chi connectivity index (χ3n) is 4.39. The maximum Gasteiger partial charge on any atom is 0.242 e. The number of benzene rings is 2. The van der Waals surface area contributed by atoms with Gasteiger partial charge in [0.05, 0.1) is 5.75 Å². The van der Waals surface area contributed by atoms with Crippen LogP contribution in [0.1, 0.15) is 30.5 Å². The molecule has 0 saturated heterocycles. The minimum absolute atomic E-state index is 0.0580. The number of carbonyl (C=O) groups is 2. The minimum Gasteiger partial charge on any atom is -0.355 e. The lowest BCUT2D eigenvalue weighted by Crippen LogP contribution is -2.48. The molecule has 0 aliphatic rings. The van der Waals surface area contributed by atoms with Gasteiger partial charge >= 0.3 is 0 Å². The highest BCUT2D eigenvalue weighted by atomic mass is 35.5. The zero-order valence-corrected chi connectivity index (χ0v) is 18.1. The quantitative estimate of drug-likeness (QED) is 0.655. The molecule has 6 heteroatoms. The molecule has 2 aromatic carbocycles. The number of thioether (sulfide) groups is 1. The molecule has 2 rings (SSSR count). The van der Waals surface area contributed by atoms with E-state index < -0.39 is 6.04 Å². The SMILES string of the molecule is CCNC(=O)[C@H](C)N(Cc1cccc(C)c1)C(=O)CSCc1ccccc1Cl. The standard InChI is InChI=1S/C22H27ClN2O2S/c1-4-24-22(27)17(3)25(13-18-9-7-8-16(2)12-18)21(26)15-28-14-19-10-5-6-11-20(19)23/h5-12,17H,4,13-15H2,1-3H3,(H,24,27)/t17-/m0/s1. The Hall–Kier alpha value is -1.98. The van der Waals surface area contributed by atoms with E-state index in [0.29, 0.717) is 29.6 Å². The predicted molar refractivity (Wildman–Crippen MR) is 117 cm³/mol. The highest BCUT2D eigenvalue weighted by molar-refractivity contribution is 7.99. The van der Waals surface area contributed by atoms with Gasteiger partial charge in [0, 0.05) is 23.9 Å². The summed E-state index contributed by atoms with van der Waals surface area (Å²) in [6.07, 6.45) is 0. The zero-order valence-electron chi connectivity index (χ0n) is 16.6. The maximum atomic E-state index is 12.9. The molecule has 28 heavy (non-hydrogen) atoms. The van der Waals surface area contributed by atoms with E-state index >= 15 is 0 Å². The van der Waals surface area contributed by atoms with Gasteiger partial charge in [0.15, 0.2) is 0 Å². The molecule has 1 N–H and O–H groups in total. The van der Waals surface area contributed by atoms with Crippen molar-refractivity contribution in [1.29, 1.82) is 0 Å².